The first-order valence-corrected chi connectivity index (χ1v) is 7.88. The number of rotatable bonds is 5. The van der Waals surface area contributed by atoms with Crippen molar-refractivity contribution in [1.29, 1.82) is 0 Å². The van der Waals surface area contributed by atoms with Crippen LogP contribution in [0.4, 0.5) is 11.4 Å². The summed E-state index contributed by atoms with van der Waals surface area (Å²) in [5.41, 5.74) is 3.52. The molecule has 3 rings (SSSR count). The number of halogens is 2. The van der Waals surface area contributed by atoms with Crippen LogP contribution >= 0.6 is 23.2 Å². The first-order valence-electron chi connectivity index (χ1n) is 7.12. The molecule has 0 atom stereocenters. The molecule has 1 heterocycles. The highest BCUT2D eigenvalue weighted by molar-refractivity contribution is 6.35. The van der Waals surface area contributed by atoms with E-state index in [1.165, 1.54) is 12.3 Å². The first kappa shape index (κ1) is 17.0. The number of nitrogens with zero attached hydrogens (tertiary/aromatic N) is 2. The SMILES string of the molecule is O=[N+]([O-])c1ccccc1N/N=C\c1ccc(-c2cc(Cl)ccc2Cl)o1. The van der Waals surface area contributed by atoms with E-state index in [9.17, 15) is 10.1 Å². The van der Waals surface area contributed by atoms with E-state index in [1.807, 2.05) is 0 Å². The first-order chi connectivity index (χ1) is 12.0. The molecule has 0 fully saturated rings. The maximum absolute atomic E-state index is 10.9. The number of nitro groups is 1. The summed E-state index contributed by atoms with van der Waals surface area (Å²) in [7, 11) is 0. The zero-order valence-electron chi connectivity index (χ0n) is 12.6. The van der Waals surface area contributed by atoms with Crippen LogP contribution in [-0.4, -0.2) is 11.1 Å². The number of benzene rings is 2. The van der Waals surface area contributed by atoms with Crippen molar-refractivity contribution in [2.75, 3.05) is 5.43 Å². The van der Waals surface area contributed by atoms with Gasteiger partial charge in [0.2, 0.25) is 0 Å². The fourth-order valence-corrected chi connectivity index (χ4v) is 2.53. The molecule has 1 aromatic heterocycles. The summed E-state index contributed by atoms with van der Waals surface area (Å²) in [6.07, 6.45) is 1.42. The molecule has 3 aromatic rings. The maximum atomic E-state index is 10.9. The molecule has 0 saturated carbocycles. The van der Waals surface area contributed by atoms with E-state index in [0.29, 0.717) is 27.1 Å². The van der Waals surface area contributed by atoms with Crippen LogP contribution in [-0.2, 0) is 0 Å². The van der Waals surface area contributed by atoms with Gasteiger partial charge >= 0.3 is 0 Å². The van der Waals surface area contributed by atoms with Crippen molar-refractivity contribution in [2.24, 2.45) is 5.10 Å². The topological polar surface area (TPSA) is 80.7 Å². The normalized spacial score (nSPS) is 11.0. The van der Waals surface area contributed by atoms with Crippen molar-refractivity contribution >= 4 is 40.8 Å². The third-order valence-electron chi connectivity index (χ3n) is 3.30. The molecule has 8 heteroatoms. The van der Waals surface area contributed by atoms with Crippen LogP contribution in [0.15, 0.2) is 64.1 Å². The zero-order chi connectivity index (χ0) is 17.8. The largest absolute Gasteiger partial charge is 0.455 e. The fraction of sp³-hybridized carbons (Fsp3) is 0. The molecule has 0 amide bonds. The molecule has 0 aliphatic heterocycles. The second-order valence-electron chi connectivity index (χ2n) is 4.97. The summed E-state index contributed by atoms with van der Waals surface area (Å²) >= 11 is 12.1. The van der Waals surface area contributed by atoms with Gasteiger partial charge in [0.25, 0.3) is 5.69 Å². The highest BCUT2D eigenvalue weighted by Gasteiger charge is 2.11. The van der Waals surface area contributed by atoms with Crippen molar-refractivity contribution in [3.63, 3.8) is 0 Å². The van der Waals surface area contributed by atoms with E-state index in [0.717, 1.165) is 0 Å². The van der Waals surface area contributed by atoms with Crippen molar-refractivity contribution in [3.05, 3.63) is 80.5 Å². The lowest BCUT2D eigenvalue weighted by Crippen LogP contribution is -1.96. The van der Waals surface area contributed by atoms with E-state index in [4.69, 9.17) is 27.6 Å². The second-order valence-corrected chi connectivity index (χ2v) is 5.81. The van der Waals surface area contributed by atoms with Crippen LogP contribution in [0, 0.1) is 10.1 Å². The highest BCUT2D eigenvalue weighted by Crippen LogP contribution is 2.31. The van der Waals surface area contributed by atoms with Gasteiger partial charge in [-0.25, -0.2) is 0 Å². The van der Waals surface area contributed by atoms with Gasteiger partial charge in [-0.2, -0.15) is 5.10 Å². The Hall–Kier alpha value is -2.83. The number of nitro benzene ring substituents is 1. The van der Waals surface area contributed by atoms with Crippen LogP contribution in [0.2, 0.25) is 10.0 Å². The predicted octanol–water partition coefficient (Wildman–Crippen LogP) is 5.61. The van der Waals surface area contributed by atoms with Gasteiger partial charge in [-0.05, 0) is 36.4 Å². The number of nitrogens with one attached hydrogen (secondary N) is 1. The minimum absolute atomic E-state index is 0.0644. The molecule has 126 valence electrons. The van der Waals surface area contributed by atoms with Gasteiger partial charge in [0, 0.05) is 16.7 Å². The Morgan fingerprint density at radius 1 is 1.12 bits per heavy atom. The number of hydrazone groups is 1. The smallest absolute Gasteiger partial charge is 0.294 e. The summed E-state index contributed by atoms with van der Waals surface area (Å²) in [5, 5.41) is 16.0. The number of hydrogen-bond donors (Lipinski definition) is 1. The molecule has 2 aromatic carbocycles. The highest BCUT2D eigenvalue weighted by atomic mass is 35.5. The van der Waals surface area contributed by atoms with E-state index in [-0.39, 0.29) is 11.4 Å². The summed E-state index contributed by atoms with van der Waals surface area (Å²) < 4.78 is 5.65. The monoisotopic (exact) mass is 375 g/mol. The molecule has 0 aliphatic rings. The van der Waals surface area contributed by atoms with Gasteiger partial charge in [0.1, 0.15) is 17.2 Å². The molecular formula is C17H11Cl2N3O3. The van der Waals surface area contributed by atoms with Crippen LogP contribution in [0.3, 0.4) is 0 Å². The summed E-state index contributed by atoms with van der Waals surface area (Å²) in [6, 6.07) is 14.7. The van der Waals surface area contributed by atoms with Gasteiger partial charge in [-0.1, -0.05) is 35.3 Å². The summed E-state index contributed by atoms with van der Waals surface area (Å²) in [4.78, 5) is 10.5. The van der Waals surface area contributed by atoms with Gasteiger partial charge in [-0.15, -0.1) is 0 Å². The average Bonchev–Trinajstić information content (AvgIpc) is 3.06. The number of furan rings is 1. The molecule has 0 unspecified atom stereocenters. The van der Waals surface area contributed by atoms with Gasteiger partial charge in [-0.3, -0.25) is 15.5 Å². The third kappa shape index (κ3) is 3.99. The predicted molar refractivity (Wildman–Crippen MR) is 98.5 cm³/mol. The molecule has 6 nitrogen and oxygen atoms in total. The van der Waals surface area contributed by atoms with Crippen LogP contribution < -0.4 is 5.43 Å². The van der Waals surface area contributed by atoms with Gasteiger partial charge in [0.05, 0.1) is 16.2 Å². The molecule has 25 heavy (non-hydrogen) atoms. The summed E-state index contributed by atoms with van der Waals surface area (Å²) in [6.45, 7) is 0. The van der Waals surface area contributed by atoms with Crippen molar-refractivity contribution < 1.29 is 9.34 Å². The lowest BCUT2D eigenvalue weighted by atomic mass is 10.2. The fourth-order valence-electron chi connectivity index (χ4n) is 2.15. The van der Waals surface area contributed by atoms with Crippen LogP contribution in [0.1, 0.15) is 5.76 Å². The third-order valence-corrected chi connectivity index (χ3v) is 3.86. The number of para-hydroxylation sites is 2. The molecule has 0 bridgehead atoms. The quantitative estimate of drug-likeness (QED) is 0.357. The lowest BCUT2D eigenvalue weighted by molar-refractivity contribution is -0.384. The van der Waals surface area contributed by atoms with Crippen molar-refractivity contribution in [3.8, 4) is 11.3 Å². The average molecular weight is 376 g/mol. The summed E-state index contributed by atoms with van der Waals surface area (Å²) in [5.74, 6) is 0.997. The minimum Gasteiger partial charge on any atom is -0.455 e. The zero-order valence-corrected chi connectivity index (χ0v) is 14.2. The molecule has 0 spiro atoms. The Labute approximate surface area is 152 Å². The Morgan fingerprint density at radius 2 is 1.92 bits per heavy atom. The van der Waals surface area contributed by atoms with Crippen molar-refractivity contribution in [2.45, 2.75) is 0 Å². The Bertz CT molecular complexity index is 954. The number of anilines is 1. The van der Waals surface area contributed by atoms with Crippen LogP contribution in [0.5, 0.6) is 0 Å². The Morgan fingerprint density at radius 3 is 2.72 bits per heavy atom. The molecule has 0 saturated heterocycles. The van der Waals surface area contributed by atoms with E-state index in [2.05, 4.69) is 10.5 Å². The van der Waals surface area contributed by atoms with Gasteiger partial charge in [0.15, 0.2) is 0 Å². The lowest BCUT2D eigenvalue weighted by Gasteiger charge is -2.01. The minimum atomic E-state index is -0.482. The standard InChI is InChI=1S/C17H11Cl2N3O3/c18-11-5-7-14(19)13(9-11)17-8-6-12(25-17)10-20-21-15-3-1-2-4-16(15)22(23)24/h1-10,21H/b20-10-. The Balaban J connectivity index is 1.77. The van der Waals surface area contributed by atoms with Gasteiger partial charge < -0.3 is 4.42 Å². The van der Waals surface area contributed by atoms with E-state index in [1.54, 1.807) is 48.5 Å². The molecule has 0 aliphatic carbocycles. The molecule has 1 N–H and O–H groups in total. The maximum Gasteiger partial charge on any atom is 0.294 e. The number of hydrogen-bond acceptors (Lipinski definition) is 5. The van der Waals surface area contributed by atoms with Crippen LogP contribution in [0.25, 0.3) is 11.3 Å². The Kier molecular flexibility index (Phi) is 5.02. The second kappa shape index (κ2) is 7.38. The van der Waals surface area contributed by atoms with Crippen molar-refractivity contribution in [1.82, 2.24) is 0 Å². The van der Waals surface area contributed by atoms with E-state index >= 15 is 0 Å². The van der Waals surface area contributed by atoms with E-state index < -0.39 is 4.92 Å². The molecule has 0 radical (unpaired) electrons. The molecular weight excluding hydrogens is 365 g/mol.